The number of amidine groups is 1. The van der Waals surface area contributed by atoms with Crippen molar-refractivity contribution < 1.29 is 22.7 Å². The zero-order chi connectivity index (χ0) is 21.7. The van der Waals surface area contributed by atoms with E-state index in [-0.39, 0.29) is 16.9 Å². The van der Waals surface area contributed by atoms with Gasteiger partial charge >= 0.3 is 0 Å². The third kappa shape index (κ3) is 5.62. The lowest BCUT2D eigenvalue weighted by Crippen LogP contribution is -2.29. The Morgan fingerprint density at radius 2 is 2.00 bits per heavy atom. The quantitative estimate of drug-likeness (QED) is 0.684. The Morgan fingerprint density at radius 3 is 2.71 bits per heavy atom. The molecule has 2 heterocycles. The summed E-state index contributed by atoms with van der Waals surface area (Å²) in [4.78, 5) is 16.8. The molecular weight excluding hydrogens is 418 g/mol. The molecule has 1 atom stereocenters. The van der Waals surface area contributed by atoms with E-state index in [0.717, 1.165) is 25.9 Å². The number of hydrogen-bond donors (Lipinski definition) is 2. The molecule has 1 fully saturated rings. The first-order valence-corrected chi connectivity index (χ1v) is 11.8. The summed E-state index contributed by atoms with van der Waals surface area (Å²) in [5.41, 5.74) is 0.830. The molecule has 2 aromatic rings. The van der Waals surface area contributed by atoms with Gasteiger partial charge in [0.2, 0.25) is 0 Å². The minimum atomic E-state index is -3.74. The molecule has 0 bridgehead atoms. The number of carbonyl (C=O) groups excluding carboxylic acids is 1. The van der Waals surface area contributed by atoms with E-state index in [1.807, 2.05) is 0 Å². The maximum absolute atomic E-state index is 12.6. The van der Waals surface area contributed by atoms with Crippen molar-refractivity contribution in [1.82, 2.24) is 4.72 Å². The van der Waals surface area contributed by atoms with Gasteiger partial charge in [0.25, 0.3) is 15.9 Å². The molecule has 2 aliphatic heterocycles. The summed E-state index contributed by atoms with van der Waals surface area (Å²) in [7, 11) is -3.74. The number of nitrogens with zero attached hydrogens (tertiary/aromatic N) is 1. The van der Waals surface area contributed by atoms with Crippen LogP contribution in [0.2, 0.25) is 0 Å². The lowest BCUT2D eigenvalue weighted by molar-refractivity contribution is 0.0679. The molecule has 0 spiro atoms. The Balaban J connectivity index is 1.37. The monoisotopic (exact) mass is 443 g/mol. The average molecular weight is 444 g/mol. The molecule has 0 radical (unpaired) electrons. The zero-order valence-corrected chi connectivity index (χ0v) is 17.9. The van der Waals surface area contributed by atoms with E-state index >= 15 is 0 Å². The van der Waals surface area contributed by atoms with Crippen LogP contribution in [-0.4, -0.2) is 46.0 Å². The van der Waals surface area contributed by atoms with Gasteiger partial charge in [0, 0.05) is 30.8 Å². The Bertz CT molecular complexity index is 1060. The Kier molecular flexibility index (Phi) is 6.53. The molecule has 2 N–H and O–H groups in total. The van der Waals surface area contributed by atoms with Gasteiger partial charge in [-0.2, -0.15) is 0 Å². The molecule has 2 aliphatic rings. The van der Waals surface area contributed by atoms with E-state index in [1.165, 1.54) is 12.1 Å². The number of sulfonamides is 1. The largest absolute Gasteiger partial charge is 0.491 e. The van der Waals surface area contributed by atoms with Crippen molar-refractivity contribution in [3.8, 4) is 5.75 Å². The predicted molar refractivity (Wildman–Crippen MR) is 117 cm³/mol. The summed E-state index contributed by atoms with van der Waals surface area (Å²) in [5, 5.41) is 2.74. The van der Waals surface area contributed by atoms with Gasteiger partial charge < -0.3 is 14.8 Å². The highest BCUT2D eigenvalue weighted by Crippen LogP contribution is 2.19. The van der Waals surface area contributed by atoms with Crippen LogP contribution >= 0.6 is 0 Å². The second-order valence-electron chi connectivity index (χ2n) is 7.49. The molecule has 164 valence electrons. The molecule has 9 heteroatoms. The first-order valence-electron chi connectivity index (χ1n) is 10.3. The van der Waals surface area contributed by atoms with E-state index in [1.54, 1.807) is 36.4 Å². The second-order valence-corrected chi connectivity index (χ2v) is 9.17. The minimum absolute atomic E-state index is 0.0674. The minimum Gasteiger partial charge on any atom is -0.491 e. The van der Waals surface area contributed by atoms with E-state index in [9.17, 15) is 13.2 Å². The van der Waals surface area contributed by atoms with Crippen LogP contribution in [0.4, 0.5) is 5.69 Å². The van der Waals surface area contributed by atoms with Gasteiger partial charge in [-0.3, -0.25) is 14.5 Å². The first-order chi connectivity index (χ1) is 15.0. The fraction of sp³-hybridized carbons (Fsp3) is 0.364. The molecule has 1 amide bonds. The number of carbonyl (C=O) groups is 1. The van der Waals surface area contributed by atoms with Crippen LogP contribution in [0, 0.1) is 0 Å². The molecule has 4 rings (SSSR count). The molecule has 31 heavy (non-hydrogen) atoms. The summed E-state index contributed by atoms with van der Waals surface area (Å²) < 4.78 is 38.9. The van der Waals surface area contributed by atoms with E-state index in [4.69, 9.17) is 9.47 Å². The summed E-state index contributed by atoms with van der Waals surface area (Å²) >= 11 is 0. The molecule has 0 aliphatic carbocycles. The highest BCUT2D eigenvalue weighted by Gasteiger charge is 2.19. The van der Waals surface area contributed by atoms with Crippen LogP contribution in [0.3, 0.4) is 0 Å². The van der Waals surface area contributed by atoms with Crippen LogP contribution < -0.4 is 14.8 Å². The third-order valence-corrected chi connectivity index (χ3v) is 6.48. The fourth-order valence-corrected chi connectivity index (χ4v) is 4.58. The maximum Gasteiger partial charge on any atom is 0.262 e. The topological polar surface area (TPSA) is 106 Å². The van der Waals surface area contributed by atoms with Crippen LogP contribution in [0.1, 0.15) is 36.0 Å². The lowest BCUT2D eigenvalue weighted by atomic mass is 10.2. The third-order valence-electron chi connectivity index (χ3n) is 5.11. The van der Waals surface area contributed by atoms with Gasteiger partial charge in [0.15, 0.2) is 0 Å². The Morgan fingerprint density at radius 1 is 1.16 bits per heavy atom. The van der Waals surface area contributed by atoms with E-state index < -0.39 is 10.0 Å². The van der Waals surface area contributed by atoms with Crippen molar-refractivity contribution >= 4 is 27.5 Å². The SMILES string of the molecule is O=C(Nc1cccc(S(=O)(=O)NC2=NCCC2)c1)c1ccc(OC[C@@H]2CCCO2)cc1. The van der Waals surface area contributed by atoms with Crippen LogP contribution in [0.5, 0.6) is 5.75 Å². The van der Waals surface area contributed by atoms with Gasteiger partial charge in [0.1, 0.15) is 18.2 Å². The van der Waals surface area contributed by atoms with Crippen molar-refractivity contribution in [2.75, 3.05) is 25.1 Å². The number of nitrogens with one attached hydrogen (secondary N) is 2. The highest BCUT2D eigenvalue weighted by molar-refractivity contribution is 7.90. The number of benzene rings is 2. The van der Waals surface area contributed by atoms with Crippen molar-refractivity contribution in [2.24, 2.45) is 4.99 Å². The fourth-order valence-electron chi connectivity index (χ4n) is 3.45. The average Bonchev–Trinajstić information content (AvgIpc) is 3.47. The van der Waals surface area contributed by atoms with Crippen molar-refractivity contribution in [1.29, 1.82) is 0 Å². The number of ether oxygens (including phenoxy) is 2. The maximum atomic E-state index is 12.6. The van der Waals surface area contributed by atoms with E-state index in [2.05, 4.69) is 15.0 Å². The molecule has 0 aromatic heterocycles. The zero-order valence-electron chi connectivity index (χ0n) is 17.0. The van der Waals surface area contributed by atoms with E-state index in [0.29, 0.717) is 42.4 Å². The summed E-state index contributed by atoms with van der Waals surface area (Å²) in [6, 6.07) is 12.9. The molecular formula is C22H25N3O5S. The first kappa shape index (κ1) is 21.3. The number of aliphatic imine (C=N–C) groups is 1. The van der Waals surface area contributed by atoms with Crippen molar-refractivity contribution in [3.05, 3.63) is 54.1 Å². The van der Waals surface area contributed by atoms with Crippen LogP contribution in [0.15, 0.2) is 58.4 Å². The van der Waals surface area contributed by atoms with Gasteiger partial charge in [-0.25, -0.2) is 8.42 Å². The predicted octanol–water partition coefficient (Wildman–Crippen LogP) is 2.97. The number of hydrogen-bond acceptors (Lipinski definition) is 6. The van der Waals surface area contributed by atoms with Crippen molar-refractivity contribution in [2.45, 2.75) is 36.7 Å². The molecule has 2 aromatic carbocycles. The standard InChI is InChI=1S/C22H25N3O5S/c26-22(16-8-10-18(11-9-16)30-15-19-5-3-13-29-19)24-17-4-1-6-20(14-17)31(27,28)25-21-7-2-12-23-21/h1,4,6,8-11,14,19H,2-3,5,7,12-13,15H2,(H,23,25)(H,24,26)/t19-/m0/s1. The second kappa shape index (κ2) is 9.49. The van der Waals surface area contributed by atoms with Gasteiger partial charge in [-0.1, -0.05) is 6.07 Å². The number of amides is 1. The molecule has 0 unspecified atom stereocenters. The molecule has 0 saturated carbocycles. The Labute approximate surface area is 181 Å². The number of anilines is 1. The van der Waals surface area contributed by atoms with Gasteiger partial charge in [-0.05, 0) is 61.7 Å². The van der Waals surface area contributed by atoms with Crippen LogP contribution in [-0.2, 0) is 14.8 Å². The highest BCUT2D eigenvalue weighted by atomic mass is 32.2. The van der Waals surface area contributed by atoms with Crippen LogP contribution in [0.25, 0.3) is 0 Å². The van der Waals surface area contributed by atoms with Gasteiger partial charge in [0.05, 0.1) is 11.0 Å². The molecule has 8 nitrogen and oxygen atoms in total. The Hall–Kier alpha value is -2.91. The normalized spacial score (nSPS) is 18.5. The van der Waals surface area contributed by atoms with Crippen molar-refractivity contribution in [3.63, 3.8) is 0 Å². The summed E-state index contributed by atoms with van der Waals surface area (Å²) in [6.07, 6.45) is 3.64. The smallest absolute Gasteiger partial charge is 0.262 e. The number of rotatable bonds is 7. The molecule has 1 saturated heterocycles. The lowest BCUT2D eigenvalue weighted by Gasteiger charge is -2.12. The summed E-state index contributed by atoms with van der Waals surface area (Å²) in [6.45, 7) is 1.90. The summed E-state index contributed by atoms with van der Waals surface area (Å²) in [5.74, 6) is 0.797. The van der Waals surface area contributed by atoms with Gasteiger partial charge in [-0.15, -0.1) is 0 Å².